The Bertz CT molecular complexity index is 756. The Kier molecular flexibility index (Phi) is 7.24. The van der Waals surface area contributed by atoms with Gasteiger partial charge in [0.15, 0.2) is 11.0 Å². The third kappa shape index (κ3) is 7.30. The minimum Gasteiger partial charge on any atom is -0.444 e. The number of carbonyl (C=O) groups excluding carboxylic acids is 2. The predicted octanol–water partition coefficient (Wildman–Crippen LogP) is 3.89. The van der Waals surface area contributed by atoms with E-state index in [1.165, 1.54) is 12.1 Å². The number of rotatable bonds is 7. The summed E-state index contributed by atoms with van der Waals surface area (Å²) in [6.45, 7) is 6.64. The SMILES string of the molecule is CC(C)(C)OC(=O)N(CCCNC(=O)c1ccc(Cl)o1)Cc1cccnc1. The summed E-state index contributed by atoms with van der Waals surface area (Å²) in [5, 5.41) is 2.90. The Morgan fingerprint density at radius 1 is 1.30 bits per heavy atom. The van der Waals surface area contributed by atoms with Gasteiger partial charge in [-0.15, -0.1) is 0 Å². The Labute approximate surface area is 163 Å². The van der Waals surface area contributed by atoms with Crippen LogP contribution < -0.4 is 5.32 Å². The highest BCUT2D eigenvalue weighted by molar-refractivity contribution is 6.29. The summed E-state index contributed by atoms with van der Waals surface area (Å²) in [6.07, 6.45) is 3.53. The Morgan fingerprint density at radius 2 is 2.07 bits per heavy atom. The van der Waals surface area contributed by atoms with E-state index in [0.29, 0.717) is 26.1 Å². The number of amides is 2. The number of nitrogens with zero attached hydrogens (tertiary/aromatic N) is 2. The van der Waals surface area contributed by atoms with Gasteiger partial charge in [0.05, 0.1) is 6.54 Å². The van der Waals surface area contributed by atoms with Gasteiger partial charge in [-0.05, 0) is 62.6 Å². The molecule has 0 unspecified atom stereocenters. The van der Waals surface area contributed by atoms with Crippen molar-refractivity contribution < 1.29 is 18.7 Å². The molecule has 2 aromatic rings. The van der Waals surface area contributed by atoms with E-state index in [2.05, 4.69) is 10.3 Å². The van der Waals surface area contributed by atoms with Crippen LogP contribution in [-0.2, 0) is 11.3 Å². The average molecular weight is 394 g/mol. The van der Waals surface area contributed by atoms with Crippen LogP contribution in [0.4, 0.5) is 4.79 Å². The van der Waals surface area contributed by atoms with Gasteiger partial charge in [-0.3, -0.25) is 9.78 Å². The number of pyridine rings is 1. The lowest BCUT2D eigenvalue weighted by atomic mass is 10.2. The van der Waals surface area contributed by atoms with Crippen molar-refractivity contribution in [3.05, 3.63) is 53.2 Å². The lowest BCUT2D eigenvalue weighted by Gasteiger charge is -2.27. The van der Waals surface area contributed by atoms with Gasteiger partial charge in [0.25, 0.3) is 5.91 Å². The molecule has 0 aromatic carbocycles. The van der Waals surface area contributed by atoms with Crippen molar-refractivity contribution in [2.45, 2.75) is 39.3 Å². The van der Waals surface area contributed by atoms with E-state index in [4.69, 9.17) is 20.8 Å². The average Bonchev–Trinajstić information content (AvgIpc) is 3.03. The number of hydrogen-bond acceptors (Lipinski definition) is 5. The fourth-order valence-electron chi connectivity index (χ4n) is 2.27. The van der Waals surface area contributed by atoms with E-state index in [9.17, 15) is 9.59 Å². The summed E-state index contributed by atoms with van der Waals surface area (Å²) >= 11 is 5.66. The maximum Gasteiger partial charge on any atom is 0.410 e. The van der Waals surface area contributed by atoms with Gasteiger partial charge in [0.2, 0.25) is 0 Å². The molecule has 7 nitrogen and oxygen atoms in total. The fraction of sp³-hybridized carbons (Fsp3) is 0.421. The molecule has 0 bridgehead atoms. The molecule has 8 heteroatoms. The van der Waals surface area contributed by atoms with Crippen molar-refractivity contribution in [2.24, 2.45) is 0 Å². The molecule has 0 fully saturated rings. The maximum absolute atomic E-state index is 12.5. The van der Waals surface area contributed by atoms with Crippen LogP contribution in [0.1, 0.15) is 43.3 Å². The van der Waals surface area contributed by atoms with Crippen LogP contribution in [0.2, 0.25) is 5.22 Å². The number of hydrogen-bond donors (Lipinski definition) is 1. The number of furan rings is 1. The molecule has 27 heavy (non-hydrogen) atoms. The van der Waals surface area contributed by atoms with Gasteiger partial charge in [-0.25, -0.2) is 4.79 Å². The predicted molar refractivity (Wildman–Crippen MR) is 102 cm³/mol. The first-order chi connectivity index (χ1) is 12.7. The number of halogens is 1. The molecule has 0 aliphatic rings. The highest BCUT2D eigenvalue weighted by Gasteiger charge is 2.22. The van der Waals surface area contributed by atoms with E-state index in [0.717, 1.165) is 5.56 Å². The molecule has 0 spiro atoms. The van der Waals surface area contributed by atoms with Crippen molar-refractivity contribution in [2.75, 3.05) is 13.1 Å². The third-order valence-electron chi connectivity index (χ3n) is 3.44. The first-order valence-corrected chi connectivity index (χ1v) is 9.03. The zero-order valence-electron chi connectivity index (χ0n) is 15.7. The van der Waals surface area contributed by atoms with Crippen LogP contribution in [-0.4, -0.2) is 40.6 Å². The molecular weight excluding hydrogens is 370 g/mol. The lowest BCUT2D eigenvalue weighted by Crippen LogP contribution is -2.38. The Morgan fingerprint density at radius 3 is 2.67 bits per heavy atom. The maximum atomic E-state index is 12.5. The summed E-state index contributed by atoms with van der Waals surface area (Å²) < 4.78 is 10.5. The highest BCUT2D eigenvalue weighted by Crippen LogP contribution is 2.14. The smallest absolute Gasteiger partial charge is 0.410 e. The standard InChI is InChI=1S/C19H24ClN3O4/c1-19(2,3)27-18(25)23(13-14-6-4-9-21-12-14)11-5-10-22-17(24)15-7-8-16(20)26-15/h4,6-9,12H,5,10-11,13H2,1-3H3,(H,22,24). The summed E-state index contributed by atoms with van der Waals surface area (Å²) in [7, 11) is 0. The molecule has 0 atom stereocenters. The monoisotopic (exact) mass is 393 g/mol. The first kappa shape index (κ1) is 20.8. The van der Waals surface area contributed by atoms with E-state index < -0.39 is 11.7 Å². The molecule has 146 valence electrons. The van der Waals surface area contributed by atoms with Crippen LogP contribution in [0, 0.1) is 0 Å². The third-order valence-corrected chi connectivity index (χ3v) is 3.64. The highest BCUT2D eigenvalue weighted by atomic mass is 35.5. The molecule has 0 aliphatic heterocycles. The summed E-state index contributed by atoms with van der Waals surface area (Å²) in [4.78, 5) is 30.1. The molecule has 1 N–H and O–H groups in total. The van der Waals surface area contributed by atoms with Gasteiger partial charge < -0.3 is 19.4 Å². The van der Waals surface area contributed by atoms with E-state index in [1.54, 1.807) is 17.3 Å². The second-order valence-corrected chi connectivity index (χ2v) is 7.35. The number of ether oxygens (including phenoxy) is 1. The summed E-state index contributed by atoms with van der Waals surface area (Å²) in [6, 6.07) is 6.73. The normalized spacial score (nSPS) is 11.1. The summed E-state index contributed by atoms with van der Waals surface area (Å²) in [5.41, 5.74) is 0.314. The topological polar surface area (TPSA) is 84.7 Å². The van der Waals surface area contributed by atoms with Crippen molar-refractivity contribution in [3.8, 4) is 0 Å². The number of carbonyl (C=O) groups is 2. The van der Waals surface area contributed by atoms with Gasteiger partial charge in [0.1, 0.15) is 5.60 Å². The van der Waals surface area contributed by atoms with Gasteiger partial charge in [-0.2, -0.15) is 0 Å². The van der Waals surface area contributed by atoms with E-state index in [-0.39, 0.29) is 16.9 Å². The molecule has 2 aromatic heterocycles. The van der Waals surface area contributed by atoms with Crippen LogP contribution in [0.25, 0.3) is 0 Å². The van der Waals surface area contributed by atoms with Crippen molar-refractivity contribution >= 4 is 23.6 Å². The van der Waals surface area contributed by atoms with E-state index in [1.807, 2.05) is 32.9 Å². The van der Waals surface area contributed by atoms with E-state index >= 15 is 0 Å². The molecule has 2 amide bonds. The number of aromatic nitrogens is 1. The molecule has 2 heterocycles. The largest absolute Gasteiger partial charge is 0.444 e. The quantitative estimate of drug-likeness (QED) is 0.721. The lowest BCUT2D eigenvalue weighted by molar-refractivity contribution is 0.0232. The van der Waals surface area contributed by atoms with Crippen LogP contribution in [0.3, 0.4) is 0 Å². The minimum atomic E-state index is -0.586. The van der Waals surface area contributed by atoms with Crippen LogP contribution in [0.5, 0.6) is 0 Å². The molecule has 2 rings (SSSR count). The zero-order valence-corrected chi connectivity index (χ0v) is 16.5. The zero-order chi connectivity index (χ0) is 19.9. The van der Waals surface area contributed by atoms with Crippen molar-refractivity contribution in [1.29, 1.82) is 0 Å². The van der Waals surface area contributed by atoms with Gasteiger partial charge in [0, 0.05) is 25.5 Å². The fourth-order valence-corrected chi connectivity index (χ4v) is 2.41. The molecule has 0 aliphatic carbocycles. The van der Waals surface area contributed by atoms with Gasteiger partial charge >= 0.3 is 6.09 Å². The molecule has 0 saturated heterocycles. The van der Waals surface area contributed by atoms with Gasteiger partial charge in [-0.1, -0.05) is 6.07 Å². The molecule has 0 radical (unpaired) electrons. The first-order valence-electron chi connectivity index (χ1n) is 8.65. The molecule has 0 saturated carbocycles. The molecular formula is C19H24ClN3O4. The Hall–Kier alpha value is -2.54. The van der Waals surface area contributed by atoms with Crippen molar-refractivity contribution in [1.82, 2.24) is 15.2 Å². The summed E-state index contributed by atoms with van der Waals surface area (Å²) in [5.74, 6) is -0.197. The second-order valence-electron chi connectivity index (χ2n) is 6.98. The van der Waals surface area contributed by atoms with Crippen LogP contribution >= 0.6 is 11.6 Å². The second kappa shape index (κ2) is 9.41. The van der Waals surface area contributed by atoms with Crippen molar-refractivity contribution in [3.63, 3.8) is 0 Å². The minimum absolute atomic E-state index is 0.152. The number of nitrogens with one attached hydrogen (secondary N) is 1. The van der Waals surface area contributed by atoms with Crippen LogP contribution in [0.15, 0.2) is 41.1 Å². The Balaban J connectivity index is 1.89.